The second-order valence-electron chi connectivity index (χ2n) is 3.00. The van der Waals surface area contributed by atoms with Crippen LogP contribution in [0.5, 0.6) is 0 Å². The number of hydrogen-bond acceptors (Lipinski definition) is 4. The van der Waals surface area contributed by atoms with Gasteiger partial charge < -0.3 is 11.6 Å². The number of benzene rings is 1. The van der Waals surface area contributed by atoms with Crippen LogP contribution < -0.4 is 11.6 Å². The summed E-state index contributed by atoms with van der Waals surface area (Å²) in [6.45, 7) is 0. The minimum absolute atomic E-state index is 0.128. The Balaban J connectivity index is 2.69. The first-order chi connectivity index (χ1) is 7.50. The smallest absolute Gasteiger partial charge is 0.241 e. The zero-order valence-electron chi connectivity index (χ0n) is 7.78. The van der Waals surface area contributed by atoms with Gasteiger partial charge in [0.2, 0.25) is 5.95 Å². The van der Waals surface area contributed by atoms with E-state index in [0.717, 1.165) is 16.8 Å². The van der Waals surface area contributed by atoms with E-state index in [2.05, 4.69) is 26.1 Å². The van der Waals surface area contributed by atoms with E-state index in [9.17, 15) is 8.78 Å². The van der Waals surface area contributed by atoms with Crippen LogP contribution in [0, 0.1) is 11.6 Å². The minimum atomic E-state index is -0.800. The molecule has 0 bridgehead atoms. The Morgan fingerprint density at radius 3 is 2.19 bits per heavy atom. The molecule has 0 fully saturated rings. The third kappa shape index (κ3) is 1.60. The van der Waals surface area contributed by atoms with E-state index in [4.69, 9.17) is 11.6 Å². The average Bonchev–Trinajstić information content (AvgIpc) is 2.48. The molecule has 0 aliphatic rings. The molecule has 5 nitrogen and oxygen atoms in total. The lowest BCUT2D eigenvalue weighted by Gasteiger charge is -2.04. The number of hydrogen-bond donors (Lipinski definition) is 2. The molecule has 0 aliphatic carbocycles. The lowest BCUT2D eigenvalue weighted by Crippen LogP contribution is -2.14. The van der Waals surface area contributed by atoms with Gasteiger partial charge in [-0.3, -0.25) is 0 Å². The fourth-order valence-electron chi connectivity index (χ4n) is 1.23. The highest BCUT2D eigenvalue weighted by atomic mass is 79.9. The first kappa shape index (κ1) is 10.8. The Kier molecular flexibility index (Phi) is 2.50. The van der Waals surface area contributed by atoms with Crippen molar-refractivity contribution >= 4 is 21.9 Å². The van der Waals surface area contributed by atoms with Crippen molar-refractivity contribution in [1.29, 1.82) is 0 Å². The van der Waals surface area contributed by atoms with E-state index in [1.807, 2.05) is 0 Å². The van der Waals surface area contributed by atoms with Gasteiger partial charge in [0.05, 0.1) is 5.56 Å². The fraction of sp³-hybridized carbons (Fsp3) is 0. The van der Waals surface area contributed by atoms with Gasteiger partial charge in [0, 0.05) is 4.47 Å². The van der Waals surface area contributed by atoms with Crippen LogP contribution in [-0.2, 0) is 0 Å². The van der Waals surface area contributed by atoms with E-state index in [-0.39, 0.29) is 21.8 Å². The topological polar surface area (TPSA) is 82.8 Å². The highest BCUT2D eigenvalue weighted by Gasteiger charge is 2.19. The lowest BCUT2D eigenvalue weighted by molar-refractivity contribution is 0.585. The molecule has 0 amide bonds. The number of halogens is 3. The molecule has 2 rings (SSSR count). The first-order valence-corrected chi connectivity index (χ1v) is 4.91. The van der Waals surface area contributed by atoms with Gasteiger partial charge in [0.25, 0.3) is 0 Å². The molecular weight excluding hydrogens is 284 g/mol. The van der Waals surface area contributed by atoms with Crippen molar-refractivity contribution in [3.05, 3.63) is 28.2 Å². The third-order valence-electron chi connectivity index (χ3n) is 1.95. The number of nitrogens with two attached hydrogens (primary N) is 2. The molecule has 1 heterocycles. The molecule has 0 saturated carbocycles. The summed E-state index contributed by atoms with van der Waals surface area (Å²) in [4.78, 5) is 0. The van der Waals surface area contributed by atoms with E-state index in [1.54, 1.807) is 0 Å². The quantitative estimate of drug-likeness (QED) is 0.775. The summed E-state index contributed by atoms with van der Waals surface area (Å²) in [5, 5.41) is 6.92. The van der Waals surface area contributed by atoms with Crippen molar-refractivity contribution in [1.82, 2.24) is 14.9 Å². The Morgan fingerprint density at radius 1 is 1.19 bits per heavy atom. The number of aromatic nitrogens is 3. The van der Waals surface area contributed by atoms with Crippen molar-refractivity contribution in [2.75, 3.05) is 11.6 Å². The van der Waals surface area contributed by atoms with Crippen molar-refractivity contribution < 1.29 is 8.78 Å². The van der Waals surface area contributed by atoms with Crippen LogP contribution in [0.2, 0.25) is 0 Å². The normalized spacial score (nSPS) is 10.7. The van der Waals surface area contributed by atoms with E-state index >= 15 is 0 Å². The summed E-state index contributed by atoms with van der Waals surface area (Å²) in [6.07, 6.45) is 0. The minimum Gasteiger partial charge on any atom is -0.366 e. The lowest BCUT2D eigenvalue weighted by atomic mass is 10.2. The molecule has 8 heteroatoms. The number of nitrogen functional groups attached to an aromatic ring is 2. The summed E-state index contributed by atoms with van der Waals surface area (Å²) < 4.78 is 28.2. The standard InChI is InChI=1S/C8H6BrF2N5/c9-3-1-4(10)6(5(11)2-3)7-14-15-8(12)16(7)13/h1-2H,13H2,(H2,12,15). The molecule has 0 unspecified atom stereocenters. The maximum Gasteiger partial charge on any atom is 0.241 e. The molecule has 0 atom stereocenters. The summed E-state index contributed by atoms with van der Waals surface area (Å²) in [7, 11) is 0. The van der Waals surface area contributed by atoms with Gasteiger partial charge >= 0.3 is 0 Å². The molecule has 16 heavy (non-hydrogen) atoms. The van der Waals surface area contributed by atoms with E-state index in [0.29, 0.717) is 0 Å². The predicted octanol–water partition coefficient (Wildman–Crippen LogP) is 1.28. The SMILES string of the molecule is Nc1nnc(-c2c(F)cc(Br)cc2F)n1N. The molecule has 0 aliphatic heterocycles. The molecule has 4 N–H and O–H groups in total. The fourth-order valence-corrected chi connectivity index (χ4v) is 1.63. The Hall–Kier alpha value is -1.70. The van der Waals surface area contributed by atoms with Gasteiger partial charge in [-0.05, 0) is 12.1 Å². The van der Waals surface area contributed by atoms with E-state index in [1.165, 1.54) is 0 Å². The largest absolute Gasteiger partial charge is 0.366 e. The van der Waals surface area contributed by atoms with Crippen molar-refractivity contribution in [2.24, 2.45) is 0 Å². The van der Waals surface area contributed by atoms with Crippen LogP contribution in [0.4, 0.5) is 14.7 Å². The van der Waals surface area contributed by atoms with Crippen molar-refractivity contribution in [3.63, 3.8) is 0 Å². The predicted molar refractivity (Wildman–Crippen MR) is 57.6 cm³/mol. The van der Waals surface area contributed by atoms with Gasteiger partial charge in [-0.25, -0.2) is 13.5 Å². The monoisotopic (exact) mass is 289 g/mol. The molecule has 0 spiro atoms. The number of anilines is 1. The maximum absolute atomic E-state index is 13.5. The van der Waals surface area contributed by atoms with Crippen LogP contribution in [-0.4, -0.2) is 14.9 Å². The third-order valence-corrected chi connectivity index (χ3v) is 2.41. The number of nitrogens with zero attached hydrogens (tertiary/aromatic N) is 3. The number of rotatable bonds is 1. The van der Waals surface area contributed by atoms with Crippen molar-refractivity contribution in [2.45, 2.75) is 0 Å². The van der Waals surface area contributed by atoms with Gasteiger partial charge in [-0.2, -0.15) is 0 Å². The molecule has 0 saturated heterocycles. The summed E-state index contributed by atoms with van der Waals surface area (Å²) in [5.74, 6) is 3.54. The molecular formula is C8H6BrF2N5. The molecule has 1 aromatic heterocycles. The van der Waals surface area contributed by atoms with Crippen LogP contribution in [0.25, 0.3) is 11.4 Å². The Morgan fingerprint density at radius 2 is 1.75 bits per heavy atom. The Labute approximate surface area is 97.2 Å². The van der Waals surface area contributed by atoms with Crippen LogP contribution in [0.3, 0.4) is 0 Å². The molecule has 2 aromatic rings. The first-order valence-electron chi connectivity index (χ1n) is 4.11. The van der Waals surface area contributed by atoms with E-state index < -0.39 is 11.6 Å². The van der Waals surface area contributed by atoms with Crippen LogP contribution >= 0.6 is 15.9 Å². The summed E-state index contributed by atoms with van der Waals surface area (Å²) in [5.41, 5.74) is 4.95. The second kappa shape index (κ2) is 3.71. The van der Waals surface area contributed by atoms with Gasteiger partial charge in [0.1, 0.15) is 11.6 Å². The summed E-state index contributed by atoms with van der Waals surface area (Å²) in [6, 6.07) is 2.20. The molecule has 1 aromatic carbocycles. The van der Waals surface area contributed by atoms with Gasteiger partial charge in [0.15, 0.2) is 5.82 Å². The van der Waals surface area contributed by atoms with Gasteiger partial charge in [-0.1, -0.05) is 15.9 Å². The van der Waals surface area contributed by atoms with Gasteiger partial charge in [-0.15, -0.1) is 10.2 Å². The zero-order valence-corrected chi connectivity index (χ0v) is 9.37. The molecule has 84 valence electrons. The van der Waals surface area contributed by atoms with Crippen molar-refractivity contribution in [3.8, 4) is 11.4 Å². The summed E-state index contributed by atoms with van der Waals surface area (Å²) >= 11 is 2.96. The second-order valence-corrected chi connectivity index (χ2v) is 3.91. The zero-order chi connectivity index (χ0) is 11.9. The van der Waals surface area contributed by atoms with Crippen LogP contribution in [0.15, 0.2) is 16.6 Å². The Bertz CT molecular complexity index is 530. The average molecular weight is 290 g/mol. The highest BCUT2D eigenvalue weighted by molar-refractivity contribution is 9.10. The van der Waals surface area contributed by atoms with Crippen LogP contribution in [0.1, 0.15) is 0 Å². The highest BCUT2D eigenvalue weighted by Crippen LogP contribution is 2.27. The molecule has 0 radical (unpaired) electrons. The maximum atomic E-state index is 13.5.